The third-order valence-corrected chi connectivity index (χ3v) is 4.44. The predicted octanol–water partition coefficient (Wildman–Crippen LogP) is 4.82. The monoisotopic (exact) mass is 261 g/mol. The molecule has 19 heavy (non-hydrogen) atoms. The lowest BCUT2D eigenvalue weighted by molar-refractivity contribution is 0.223. The smallest absolute Gasteiger partial charge is 0.000760 e. The van der Waals surface area contributed by atoms with Crippen molar-refractivity contribution >= 4 is 0 Å². The van der Waals surface area contributed by atoms with Crippen molar-refractivity contribution in [1.29, 1.82) is 0 Å². The van der Waals surface area contributed by atoms with Gasteiger partial charge in [0, 0.05) is 6.54 Å². The van der Waals surface area contributed by atoms with Gasteiger partial charge < -0.3 is 5.32 Å². The average molecular weight is 261 g/mol. The summed E-state index contributed by atoms with van der Waals surface area (Å²) >= 11 is 0. The van der Waals surface area contributed by atoms with Crippen LogP contribution >= 0.6 is 0 Å². The molecule has 0 amide bonds. The van der Waals surface area contributed by atoms with E-state index >= 15 is 0 Å². The van der Waals surface area contributed by atoms with Gasteiger partial charge in [-0.3, -0.25) is 0 Å². The van der Waals surface area contributed by atoms with Crippen LogP contribution in [0.4, 0.5) is 0 Å². The Bertz CT molecular complexity index is 314. The molecule has 1 rings (SSSR count). The van der Waals surface area contributed by atoms with Crippen molar-refractivity contribution < 1.29 is 0 Å². The number of hydrogen-bond acceptors (Lipinski definition) is 1. The number of aryl methyl sites for hydroxylation is 1. The van der Waals surface area contributed by atoms with Crippen LogP contribution < -0.4 is 5.32 Å². The zero-order valence-corrected chi connectivity index (χ0v) is 13.0. The first-order valence-corrected chi connectivity index (χ1v) is 8.01. The van der Waals surface area contributed by atoms with Crippen LogP contribution in [0.1, 0.15) is 58.4 Å². The third-order valence-electron chi connectivity index (χ3n) is 4.44. The molecule has 0 aromatic heterocycles. The van der Waals surface area contributed by atoms with E-state index < -0.39 is 0 Å². The van der Waals surface area contributed by atoms with E-state index in [9.17, 15) is 0 Å². The molecule has 0 radical (unpaired) electrons. The fraction of sp³-hybridized carbons (Fsp3) is 0.667. The van der Waals surface area contributed by atoms with Gasteiger partial charge >= 0.3 is 0 Å². The lowest BCUT2D eigenvalue weighted by Crippen LogP contribution is -2.34. The summed E-state index contributed by atoms with van der Waals surface area (Å²) in [6, 6.07) is 10.9. The van der Waals surface area contributed by atoms with E-state index in [4.69, 9.17) is 0 Å². The molecule has 0 spiro atoms. The summed E-state index contributed by atoms with van der Waals surface area (Å²) in [5.74, 6) is 0. The quantitative estimate of drug-likeness (QED) is 0.596. The van der Waals surface area contributed by atoms with Gasteiger partial charge in [0.1, 0.15) is 0 Å². The minimum atomic E-state index is 0.504. The molecule has 0 saturated heterocycles. The highest BCUT2D eigenvalue weighted by Crippen LogP contribution is 2.31. The average Bonchev–Trinajstić information content (AvgIpc) is 2.47. The third kappa shape index (κ3) is 5.78. The summed E-state index contributed by atoms with van der Waals surface area (Å²) in [7, 11) is 0. The maximum atomic E-state index is 3.63. The molecule has 1 aromatic carbocycles. The molecule has 108 valence electrons. The maximum Gasteiger partial charge on any atom is 0.000760 e. The Morgan fingerprint density at radius 2 is 1.68 bits per heavy atom. The first-order chi connectivity index (χ1) is 9.26. The molecule has 0 bridgehead atoms. The van der Waals surface area contributed by atoms with Crippen molar-refractivity contribution in [3.05, 3.63) is 35.9 Å². The van der Waals surface area contributed by atoms with Crippen LogP contribution in [-0.2, 0) is 6.42 Å². The summed E-state index contributed by atoms with van der Waals surface area (Å²) in [6.45, 7) is 9.27. The van der Waals surface area contributed by atoms with Gasteiger partial charge in [0.25, 0.3) is 0 Å². The van der Waals surface area contributed by atoms with E-state index in [1.54, 1.807) is 0 Å². The van der Waals surface area contributed by atoms with Crippen molar-refractivity contribution in [2.75, 3.05) is 13.1 Å². The Labute approximate surface area is 119 Å². The maximum absolute atomic E-state index is 3.63. The molecule has 0 aliphatic carbocycles. The Hall–Kier alpha value is -0.820. The molecule has 0 heterocycles. The van der Waals surface area contributed by atoms with Gasteiger partial charge in [0.2, 0.25) is 0 Å². The number of rotatable bonds is 10. The summed E-state index contributed by atoms with van der Waals surface area (Å²) < 4.78 is 0. The zero-order valence-electron chi connectivity index (χ0n) is 13.0. The van der Waals surface area contributed by atoms with E-state index in [2.05, 4.69) is 56.4 Å². The minimum Gasteiger partial charge on any atom is -0.316 e. The Morgan fingerprint density at radius 1 is 1.00 bits per heavy atom. The van der Waals surface area contributed by atoms with Gasteiger partial charge in [-0.25, -0.2) is 0 Å². The first kappa shape index (κ1) is 16.2. The number of nitrogens with one attached hydrogen (secondary N) is 1. The fourth-order valence-corrected chi connectivity index (χ4v) is 2.78. The summed E-state index contributed by atoms with van der Waals surface area (Å²) in [5.41, 5.74) is 1.98. The molecule has 0 aliphatic heterocycles. The van der Waals surface area contributed by atoms with Crippen molar-refractivity contribution in [2.45, 2.75) is 59.3 Å². The molecule has 1 N–H and O–H groups in total. The minimum absolute atomic E-state index is 0.504. The van der Waals surface area contributed by atoms with Gasteiger partial charge in [0.05, 0.1) is 0 Å². The standard InChI is InChI=1S/C18H31N/c1-4-15-19-16-18(5-2,6-3)14-10-13-17-11-8-7-9-12-17/h7-9,11-12,19H,4-6,10,13-16H2,1-3H3. The molecular formula is C18H31N. The lowest BCUT2D eigenvalue weighted by Gasteiger charge is -2.32. The van der Waals surface area contributed by atoms with Crippen LogP contribution in [0.15, 0.2) is 30.3 Å². The lowest BCUT2D eigenvalue weighted by atomic mass is 9.77. The van der Waals surface area contributed by atoms with Gasteiger partial charge in [-0.05, 0) is 56.0 Å². The largest absolute Gasteiger partial charge is 0.316 e. The SMILES string of the molecule is CCCNCC(CC)(CC)CCCc1ccccc1. The second-order valence-corrected chi connectivity index (χ2v) is 5.72. The summed E-state index contributed by atoms with van der Waals surface area (Å²) in [4.78, 5) is 0. The van der Waals surface area contributed by atoms with Crippen molar-refractivity contribution in [3.63, 3.8) is 0 Å². The summed E-state index contributed by atoms with van der Waals surface area (Å²) in [6.07, 6.45) is 7.67. The second-order valence-electron chi connectivity index (χ2n) is 5.72. The van der Waals surface area contributed by atoms with Crippen molar-refractivity contribution in [1.82, 2.24) is 5.32 Å². The van der Waals surface area contributed by atoms with Crippen LogP contribution in [0.3, 0.4) is 0 Å². The Balaban J connectivity index is 2.40. The topological polar surface area (TPSA) is 12.0 Å². The molecule has 0 unspecified atom stereocenters. The van der Waals surface area contributed by atoms with Crippen LogP contribution in [-0.4, -0.2) is 13.1 Å². The van der Waals surface area contributed by atoms with Gasteiger partial charge in [0.15, 0.2) is 0 Å². The highest BCUT2D eigenvalue weighted by molar-refractivity contribution is 5.14. The van der Waals surface area contributed by atoms with Crippen LogP contribution in [0.5, 0.6) is 0 Å². The molecule has 0 saturated carbocycles. The van der Waals surface area contributed by atoms with Crippen molar-refractivity contribution in [3.8, 4) is 0 Å². The zero-order chi connectivity index (χ0) is 14.0. The molecular weight excluding hydrogens is 230 g/mol. The first-order valence-electron chi connectivity index (χ1n) is 8.01. The highest BCUT2D eigenvalue weighted by Gasteiger charge is 2.24. The second kappa shape index (κ2) is 9.14. The molecule has 1 heteroatoms. The van der Waals surface area contributed by atoms with Crippen molar-refractivity contribution in [2.24, 2.45) is 5.41 Å². The highest BCUT2D eigenvalue weighted by atomic mass is 14.9. The van der Waals surface area contributed by atoms with Crippen LogP contribution in [0.2, 0.25) is 0 Å². The fourth-order valence-electron chi connectivity index (χ4n) is 2.78. The molecule has 1 aromatic rings. The van der Waals surface area contributed by atoms with Crippen LogP contribution in [0, 0.1) is 5.41 Å². The Kier molecular flexibility index (Phi) is 7.81. The molecule has 0 atom stereocenters. The van der Waals surface area contributed by atoms with E-state index in [0.29, 0.717) is 5.41 Å². The normalized spacial score (nSPS) is 11.7. The van der Waals surface area contributed by atoms with Crippen LogP contribution in [0.25, 0.3) is 0 Å². The van der Waals surface area contributed by atoms with E-state index in [0.717, 1.165) is 6.54 Å². The predicted molar refractivity (Wildman–Crippen MR) is 85.6 cm³/mol. The molecule has 0 fully saturated rings. The summed E-state index contributed by atoms with van der Waals surface area (Å²) in [5, 5.41) is 3.63. The van der Waals surface area contributed by atoms with Gasteiger partial charge in [-0.1, -0.05) is 51.1 Å². The van der Waals surface area contributed by atoms with E-state index in [1.165, 1.54) is 50.6 Å². The number of hydrogen-bond donors (Lipinski definition) is 1. The van der Waals surface area contributed by atoms with Gasteiger partial charge in [-0.15, -0.1) is 0 Å². The molecule has 1 nitrogen and oxygen atoms in total. The molecule has 0 aliphatic rings. The number of benzene rings is 1. The van der Waals surface area contributed by atoms with Gasteiger partial charge in [-0.2, -0.15) is 0 Å². The van der Waals surface area contributed by atoms with E-state index in [1.807, 2.05) is 0 Å². The Morgan fingerprint density at radius 3 is 2.26 bits per heavy atom. The van der Waals surface area contributed by atoms with E-state index in [-0.39, 0.29) is 0 Å².